The standard InChI is InChI=1S/C17H14BrN3OS/c18-13-6-8-14(9-7-13)20-16(22)12-23-17-19-10-11-21(17)15-4-2-1-3-5-15/h1-11H,12H2,(H,20,22). The molecule has 0 saturated heterocycles. The molecule has 3 rings (SSSR count). The second-order valence-corrected chi connectivity index (χ2v) is 6.62. The average Bonchev–Trinajstić information content (AvgIpc) is 3.04. The van der Waals surface area contributed by atoms with Crippen molar-refractivity contribution < 1.29 is 4.79 Å². The first-order valence-electron chi connectivity index (χ1n) is 6.99. The number of hydrogen-bond donors (Lipinski definition) is 1. The van der Waals surface area contributed by atoms with Crippen LogP contribution in [0.2, 0.25) is 0 Å². The number of rotatable bonds is 5. The fraction of sp³-hybridized carbons (Fsp3) is 0.0588. The molecular formula is C17H14BrN3OS. The lowest BCUT2D eigenvalue weighted by Gasteiger charge is -2.08. The topological polar surface area (TPSA) is 46.9 Å². The number of thioether (sulfide) groups is 1. The molecule has 116 valence electrons. The number of para-hydroxylation sites is 1. The summed E-state index contributed by atoms with van der Waals surface area (Å²) in [7, 11) is 0. The molecule has 0 spiro atoms. The molecule has 1 heterocycles. The van der Waals surface area contributed by atoms with Gasteiger partial charge in [0.1, 0.15) is 0 Å². The molecule has 0 fully saturated rings. The molecular weight excluding hydrogens is 374 g/mol. The van der Waals surface area contributed by atoms with E-state index in [0.29, 0.717) is 5.75 Å². The quantitative estimate of drug-likeness (QED) is 0.661. The van der Waals surface area contributed by atoms with Crippen LogP contribution in [0, 0.1) is 0 Å². The summed E-state index contributed by atoms with van der Waals surface area (Å²) < 4.78 is 2.95. The van der Waals surface area contributed by atoms with Crippen molar-refractivity contribution in [1.29, 1.82) is 0 Å². The highest BCUT2D eigenvalue weighted by Gasteiger charge is 2.09. The summed E-state index contributed by atoms with van der Waals surface area (Å²) in [4.78, 5) is 16.4. The van der Waals surface area contributed by atoms with E-state index in [4.69, 9.17) is 0 Å². The molecule has 2 aromatic carbocycles. The van der Waals surface area contributed by atoms with Crippen molar-refractivity contribution in [2.24, 2.45) is 0 Å². The van der Waals surface area contributed by atoms with E-state index in [2.05, 4.69) is 26.2 Å². The fourth-order valence-electron chi connectivity index (χ4n) is 2.04. The summed E-state index contributed by atoms with van der Waals surface area (Å²) in [5.74, 6) is 0.250. The van der Waals surface area contributed by atoms with Gasteiger partial charge in [-0.25, -0.2) is 4.98 Å². The van der Waals surface area contributed by atoms with Crippen LogP contribution in [0.5, 0.6) is 0 Å². The maximum atomic E-state index is 12.1. The Bertz CT molecular complexity index is 787. The number of anilines is 1. The number of hydrogen-bond acceptors (Lipinski definition) is 3. The minimum Gasteiger partial charge on any atom is -0.325 e. The number of nitrogens with zero attached hydrogens (tertiary/aromatic N) is 2. The zero-order valence-corrected chi connectivity index (χ0v) is 14.5. The van der Waals surface area contributed by atoms with Gasteiger partial charge in [0.2, 0.25) is 5.91 Å². The predicted octanol–water partition coefficient (Wildman–Crippen LogP) is 4.37. The molecule has 0 unspecified atom stereocenters. The van der Waals surface area contributed by atoms with Crippen molar-refractivity contribution in [2.45, 2.75) is 5.16 Å². The second kappa shape index (κ2) is 7.48. The molecule has 23 heavy (non-hydrogen) atoms. The number of nitrogens with one attached hydrogen (secondary N) is 1. The third-order valence-electron chi connectivity index (χ3n) is 3.10. The Kier molecular flexibility index (Phi) is 5.15. The first kappa shape index (κ1) is 15.8. The van der Waals surface area contributed by atoms with E-state index in [0.717, 1.165) is 21.0 Å². The van der Waals surface area contributed by atoms with Crippen molar-refractivity contribution in [3.63, 3.8) is 0 Å². The van der Waals surface area contributed by atoms with Gasteiger partial charge in [-0.3, -0.25) is 9.36 Å². The molecule has 0 saturated carbocycles. The van der Waals surface area contributed by atoms with Crippen LogP contribution in [0.4, 0.5) is 5.69 Å². The van der Waals surface area contributed by atoms with E-state index >= 15 is 0 Å². The number of imidazole rings is 1. The number of aromatic nitrogens is 2. The molecule has 0 aliphatic heterocycles. The lowest BCUT2D eigenvalue weighted by atomic mass is 10.3. The first-order valence-corrected chi connectivity index (χ1v) is 8.77. The van der Waals surface area contributed by atoms with E-state index in [-0.39, 0.29) is 5.91 Å². The van der Waals surface area contributed by atoms with Gasteiger partial charge in [-0.1, -0.05) is 45.9 Å². The van der Waals surface area contributed by atoms with Crippen molar-refractivity contribution in [2.75, 3.05) is 11.1 Å². The van der Waals surface area contributed by atoms with Crippen LogP contribution in [0.3, 0.4) is 0 Å². The molecule has 0 aliphatic carbocycles. The first-order chi connectivity index (χ1) is 11.2. The van der Waals surface area contributed by atoms with Crippen molar-refractivity contribution in [3.05, 3.63) is 71.5 Å². The minimum absolute atomic E-state index is 0.0556. The van der Waals surface area contributed by atoms with E-state index in [1.54, 1.807) is 6.20 Å². The smallest absolute Gasteiger partial charge is 0.234 e. The molecule has 4 nitrogen and oxygen atoms in total. The number of benzene rings is 2. The number of carbonyl (C=O) groups excluding carboxylic acids is 1. The largest absolute Gasteiger partial charge is 0.325 e. The van der Waals surface area contributed by atoms with E-state index in [1.165, 1.54) is 11.8 Å². The van der Waals surface area contributed by atoms with E-state index in [1.807, 2.05) is 65.4 Å². The van der Waals surface area contributed by atoms with Crippen molar-refractivity contribution in [3.8, 4) is 5.69 Å². The minimum atomic E-state index is -0.0556. The van der Waals surface area contributed by atoms with Gasteiger partial charge in [0, 0.05) is 28.2 Å². The summed E-state index contributed by atoms with van der Waals surface area (Å²) in [6, 6.07) is 17.4. The van der Waals surface area contributed by atoms with E-state index in [9.17, 15) is 4.79 Å². The molecule has 0 bridgehead atoms. The van der Waals surface area contributed by atoms with Crippen LogP contribution in [-0.2, 0) is 4.79 Å². The summed E-state index contributed by atoms with van der Waals surface area (Å²) in [5.41, 5.74) is 1.81. The van der Waals surface area contributed by atoms with Gasteiger partial charge in [0.15, 0.2) is 5.16 Å². The predicted molar refractivity (Wildman–Crippen MR) is 97.1 cm³/mol. The average molecular weight is 388 g/mol. The lowest BCUT2D eigenvalue weighted by molar-refractivity contribution is -0.113. The molecule has 1 N–H and O–H groups in total. The molecule has 0 atom stereocenters. The van der Waals surface area contributed by atoms with Gasteiger partial charge in [0.05, 0.1) is 5.75 Å². The van der Waals surface area contributed by atoms with Crippen LogP contribution >= 0.6 is 27.7 Å². The molecule has 6 heteroatoms. The van der Waals surface area contributed by atoms with Crippen LogP contribution < -0.4 is 5.32 Å². The highest BCUT2D eigenvalue weighted by atomic mass is 79.9. The van der Waals surface area contributed by atoms with Gasteiger partial charge in [-0.05, 0) is 36.4 Å². The zero-order chi connectivity index (χ0) is 16.1. The maximum Gasteiger partial charge on any atom is 0.234 e. The Balaban J connectivity index is 1.62. The van der Waals surface area contributed by atoms with Crippen LogP contribution in [0.1, 0.15) is 0 Å². The highest BCUT2D eigenvalue weighted by molar-refractivity contribution is 9.10. The van der Waals surface area contributed by atoms with Gasteiger partial charge >= 0.3 is 0 Å². The normalized spacial score (nSPS) is 10.5. The van der Waals surface area contributed by atoms with Crippen LogP contribution in [-0.4, -0.2) is 21.2 Å². The Morgan fingerprint density at radius 1 is 1.13 bits per heavy atom. The van der Waals surface area contributed by atoms with Crippen LogP contribution in [0.15, 0.2) is 76.6 Å². The third-order valence-corrected chi connectivity index (χ3v) is 4.60. The van der Waals surface area contributed by atoms with E-state index < -0.39 is 0 Å². The monoisotopic (exact) mass is 387 g/mol. The van der Waals surface area contributed by atoms with Gasteiger partial charge < -0.3 is 5.32 Å². The van der Waals surface area contributed by atoms with Crippen LogP contribution in [0.25, 0.3) is 5.69 Å². The van der Waals surface area contributed by atoms with Gasteiger partial charge in [-0.15, -0.1) is 0 Å². The van der Waals surface area contributed by atoms with Crippen molar-refractivity contribution >= 4 is 39.3 Å². The van der Waals surface area contributed by atoms with Crippen molar-refractivity contribution in [1.82, 2.24) is 9.55 Å². The fourth-order valence-corrected chi connectivity index (χ4v) is 3.08. The molecule has 0 radical (unpaired) electrons. The summed E-state index contributed by atoms with van der Waals surface area (Å²) in [5, 5.41) is 3.67. The lowest BCUT2D eigenvalue weighted by Crippen LogP contribution is -2.14. The number of halogens is 1. The van der Waals surface area contributed by atoms with Gasteiger partial charge in [-0.2, -0.15) is 0 Å². The summed E-state index contributed by atoms with van der Waals surface area (Å²) >= 11 is 4.78. The molecule has 1 aromatic heterocycles. The maximum absolute atomic E-state index is 12.1. The Morgan fingerprint density at radius 3 is 2.61 bits per heavy atom. The Morgan fingerprint density at radius 2 is 1.87 bits per heavy atom. The van der Waals surface area contributed by atoms with Gasteiger partial charge in [0.25, 0.3) is 0 Å². The number of amides is 1. The third kappa shape index (κ3) is 4.24. The molecule has 1 amide bonds. The number of carbonyl (C=O) groups is 1. The zero-order valence-electron chi connectivity index (χ0n) is 12.1. The Labute approximate surface area is 147 Å². The Hall–Kier alpha value is -2.05. The molecule has 3 aromatic rings. The second-order valence-electron chi connectivity index (χ2n) is 4.76. The highest BCUT2D eigenvalue weighted by Crippen LogP contribution is 2.21. The summed E-state index contributed by atoms with van der Waals surface area (Å²) in [6.07, 6.45) is 3.63. The summed E-state index contributed by atoms with van der Waals surface area (Å²) in [6.45, 7) is 0. The SMILES string of the molecule is O=C(CSc1nccn1-c1ccccc1)Nc1ccc(Br)cc1. The molecule has 0 aliphatic rings.